The van der Waals surface area contributed by atoms with E-state index in [1.807, 2.05) is 23.5 Å². The van der Waals surface area contributed by atoms with Gasteiger partial charge in [-0.2, -0.15) is 0 Å². The van der Waals surface area contributed by atoms with Crippen molar-refractivity contribution in [3.05, 3.63) is 24.3 Å². The van der Waals surface area contributed by atoms with Gasteiger partial charge in [-0.1, -0.05) is 37.7 Å². The van der Waals surface area contributed by atoms with E-state index >= 15 is 0 Å². The van der Waals surface area contributed by atoms with E-state index in [0.29, 0.717) is 6.61 Å². The zero-order valence-corrected chi connectivity index (χ0v) is 12.2. The molecular formula is C14H16OSSi. The lowest BCUT2D eigenvalue weighted by atomic mass is 10.2. The van der Waals surface area contributed by atoms with Gasteiger partial charge in [0.15, 0.2) is 0 Å². The fourth-order valence-corrected chi connectivity index (χ4v) is 4.64. The maximum Gasteiger partial charge on any atom is 0.148 e. The van der Waals surface area contributed by atoms with Crippen molar-refractivity contribution in [3.63, 3.8) is 0 Å². The molecule has 2 rings (SSSR count). The zero-order chi connectivity index (χ0) is 12.5. The molecule has 3 heteroatoms. The second-order valence-corrected chi connectivity index (χ2v) is 11.5. The number of benzene rings is 1. The normalized spacial score (nSPS) is 11.4. The number of hydrogen-bond donors (Lipinski definition) is 0. The lowest BCUT2D eigenvalue weighted by Gasteiger charge is -2.12. The van der Waals surface area contributed by atoms with E-state index in [1.165, 1.54) is 14.6 Å². The van der Waals surface area contributed by atoms with Crippen molar-refractivity contribution in [2.24, 2.45) is 0 Å². The Kier molecular flexibility index (Phi) is 3.28. The molecule has 0 saturated carbocycles. The van der Waals surface area contributed by atoms with Crippen molar-refractivity contribution in [2.45, 2.75) is 19.6 Å². The summed E-state index contributed by atoms with van der Waals surface area (Å²) in [5, 5.41) is 1.27. The van der Waals surface area contributed by atoms with Gasteiger partial charge in [0.05, 0.1) is 12.8 Å². The Balaban J connectivity index is 2.50. The van der Waals surface area contributed by atoms with E-state index in [2.05, 4.69) is 37.7 Å². The predicted molar refractivity (Wildman–Crippen MR) is 79.1 cm³/mol. The fraction of sp³-hybridized carbons (Fsp3) is 0.286. The Morgan fingerprint density at radius 3 is 2.76 bits per heavy atom. The minimum Gasteiger partial charge on any atom is -0.479 e. The first-order chi connectivity index (χ1) is 8.02. The summed E-state index contributed by atoms with van der Waals surface area (Å²) in [6.45, 7) is 7.42. The van der Waals surface area contributed by atoms with Crippen molar-refractivity contribution in [2.75, 3.05) is 6.61 Å². The Hall–Kier alpha value is -1.24. The van der Waals surface area contributed by atoms with E-state index < -0.39 is 8.07 Å². The number of hydrogen-bond acceptors (Lipinski definition) is 2. The van der Waals surface area contributed by atoms with Gasteiger partial charge >= 0.3 is 0 Å². The summed E-state index contributed by atoms with van der Waals surface area (Å²) in [6, 6.07) is 8.45. The van der Waals surface area contributed by atoms with Gasteiger partial charge in [0.1, 0.15) is 12.4 Å². The summed E-state index contributed by atoms with van der Waals surface area (Å²) in [6.07, 6.45) is 5.23. The standard InChI is InChI=1S/C14H16OSSi/c1-5-9-15-12-8-6-7-11-10-13(16-14(11)12)17(2,3)4/h1,6-8,10H,9H2,2-4H3. The molecule has 0 fully saturated rings. The Morgan fingerprint density at radius 2 is 2.12 bits per heavy atom. The monoisotopic (exact) mass is 260 g/mol. The summed E-state index contributed by atoms with van der Waals surface area (Å²) < 4.78 is 8.31. The Bertz CT molecular complexity index is 572. The molecule has 2 aromatic rings. The Morgan fingerprint density at radius 1 is 1.35 bits per heavy atom. The highest BCUT2D eigenvalue weighted by atomic mass is 32.1. The molecule has 88 valence electrons. The van der Waals surface area contributed by atoms with Crippen molar-refractivity contribution in [1.82, 2.24) is 0 Å². The second-order valence-electron chi connectivity index (χ2n) is 5.03. The molecule has 0 N–H and O–H groups in total. The minimum absolute atomic E-state index is 0.333. The molecule has 1 aromatic heterocycles. The highest BCUT2D eigenvalue weighted by molar-refractivity contribution is 7.31. The second kappa shape index (κ2) is 4.56. The van der Waals surface area contributed by atoms with Gasteiger partial charge in [-0.15, -0.1) is 17.8 Å². The molecule has 0 amide bonds. The van der Waals surface area contributed by atoms with E-state index in [4.69, 9.17) is 11.2 Å². The van der Waals surface area contributed by atoms with Crippen LogP contribution in [0.5, 0.6) is 5.75 Å². The smallest absolute Gasteiger partial charge is 0.148 e. The third kappa shape index (κ3) is 2.54. The van der Waals surface area contributed by atoms with Crippen LogP contribution in [0.4, 0.5) is 0 Å². The summed E-state index contributed by atoms with van der Waals surface area (Å²) >= 11 is 1.85. The van der Waals surface area contributed by atoms with Crippen LogP contribution in [-0.4, -0.2) is 14.7 Å². The molecule has 0 atom stereocenters. The van der Waals surface area contributed by atoms with Crippen LogP contribution in [-0.2, 0) is 0 Å². The molecule has 0 radical (unpaired) electrons. The summed E-state index contributed by atoms with van der Waals surface area (Å²) in [5.74, 6) is 3.42. The van der Waals surface area contributed by atoms with Crippen LogP contribution in [0.25, 0.3) is 10.1 Å². The van der Waals surface area contributed by atoms with Crippen LogP contribution in [0.1, 0.15) is 0 Å². The predicted octanol–water partition coefficient (Wildman–Crippen LogP) is 3.46. The third-order valence-electron chi connectivity index (χ3n) is 2.56. The van der Waals surface area contributed by atoms with Crippen LogP contribution in [0.15, 0.2) is 24.3 Å². The molecule has 0 unspecified atom stereocenters. The summed E-state index contributed by atoms with van der Waals surface area (Å²) in [4.78, 5) is 0. The molecule has 0 saturated heterocycles. The first-order valence-corrected chi connectivity index (χ1v) is 9.93. The molecule has 0 aliphatic carbocycles. The van der Waals surface area contributed by atoms with E-state index in [-0.39, 0.29) is 0 Å². The largest absolute Gasteiger partial charge is 0.479 e. The van der Waals surface area contributed by atoms with Crippen LogP contribution in [0.2, 0.25) is 19.6 Å². The molecule has 0 spiro atoms. The average Bonchev–Trinajstić information content (AvgIpc) is 2.70. The van der Waals surface area contributed by atoms with Crippen LogP contribution >= 0.6 is 11.3 Å². The van der Waals surface area contributed by atoms with Gasteiger partial charge in [0.25, 0.3) is 0 Å². The maximum absolute atomic E-state index is 5.58. The Labute approximate surface area is 107 Å². The lowest BCUT2D eigenvalue weighted by Crippen LogP contribution is -2.34. The van der Waals surface area contributed by atoms with Gasteiger partial charge in [-0.25, -0.2) is 0 Å². The first kappa shape index (κ1) is 12.2. The summed E-state index contributed by atoms with van der Waals surface area (Å²) in [5.41, 5.74) is 0. The topological polar surface area (TPSA) is 9.23 Å². The lowest BCUT2D eigenvalue weighted by molar-refractivity contribution is 0.375. The van der Waals surface area contributed by atoms with Crippen molar-refractivity contribution in [1.29, 1.82) is 0 Å². The van der Waals surface area contributed by atoms with Gasteiger partial charge in [0, 0.05) is 0 Å². The number of rotatable bonds is 3. The quantitative estimate of drug-likeness (QED) is 0.606. The minimum atomic E-state index is -1.25. The molecule has 1 aromatic carbocycles. The highest BCUT2D eigenvalue weighted by Gasteiger charge is 2.20. The summed E-state index contributed by atoms with van der Waals surface area (Å²) in [7, 11) is -1.25. The average molecular weight is 260 g/mol. The van der Waals surface area contributed by atoms with E-state index in [1.54, 1.807) is 0 Å². The molecule has 0 aliphatic rings. The highest BCUT2D eigenvalue weighted by Crippen LogP contribution is 2.30. The van der Waals surface area contributed by atoms with Crippen LogP contribution in [0, 0.1) is 12.3 Å². The van der Waals surface area contributed by atoms with Crippen LogP contribution < -0.4 is 9.24 Å². The van der Waals surface area contributed by atoms with Gasteiger partial charge in [-0.05, 0) is 22.0 Å². The van der Waals surface area contributed by atoms with E-state index in [0.717, 1.165) is 5.75 Å². The van der Waals surface area contributed by atoms with Crippen molar-refractivity contribution in [3.8, 4) is 18.1 Å². The van der Waals surface area contributed by atoms with Crippen LogP contribution in [0.3, 0.4) is 0 Å². The van der Waals surface area contributed by atoms with Gasteiger partial charge in [0.2, 0.25) is 0 Å². The molecule has 1 nitrogen and oxygen atoms in total. The maximum atomic E-state index is 5.58. The molecular weight excluding hydrogens is 244 g/mol. The number of terminal acetylenes is 1. The van der Waals surface area contributed by atoms with Gasteiger partial charge in [-0.3, -0.25) is 0 Å². The first-order valence-electron chi connectivity index (χ1n) is 5.61. The molecule has 1 heterocycles. The fourth-order valence-electron chi connectivity index (χ4n) is 1.64. The molecule has 17 heavy (non-hydrogen) atoms. The third-order valence-corrected chi connectivity index (χ3v) is 7.30. The zero-order valence-electron chi connectivity index (χ0n) is 10.4. The van der Waals surface area contributed by atoms with Crippen molar-refractivity contribution >= 4 is 34.0 Å². The molecule has 0 aliphatic heterocycles. The molecule has 0 bridgehead atoms. The van der Waals surface area contributed by atoms with Crippen molar-refractivity contribution < 1.29 is 4.74 Å². The number of ether oxygens (including phenoxy) is 1. The van der Waals surface area contributed by atoms with Gasteiger partial charge < -0.3 is 4.74 Å². The number of fused-ring (bicyclic) bond motifs is 1. The number of thiophene rings is 1. The SMILES string of the molecule is C#CCOc1cccc2cc([Si](C)(C)C)sc12. The van der Waals surface area contributed by atoms with E-state index in [9.17, 15) is 0 Å².